The van der Waals surface area contributed by atoms with E-state index >= 15 is 0 Å². The summed E-state index contributed by atoms with van der Waals surface area (Å²) in [5, 5.41) is 3.96. The predicted octanol–water partition coefficient (Wildman–Crippen LogP) is 3.67. The zero-order valence-electron chi connectivity index (χ0n) is 8.07. The second-order valence-corrected chi connectivity index (χ2v) is 3.69. The van der Waals surface area contributed by atoms with Crippen LogP contribution < -0.4 is 11.1 Å². The Morgan fingerprint density at radius 1 is 0.933 bits per heavy atom. The first-order valence-electron chi connectivity index (χ1n) is 4.62. The molecular formula is C12H11ClN2. The Balaban J connectivity index is 2.18. The van der Waals surface area contributed by atoms with E-state index < -0.39 is 0 Å². The molecule has 3 N–H and O–H groups in total. The number of benzene rings is 2. The number of hydrogen-bond donors (Lipinski definition) is 2. The topological polar surface area (TPSA) is 38.0 Å². The first kappa shape index (κ1) is 9.87. The largest absolute Gasteiger partial charge is 0.399 e. The van der Waals surface area contributed by atoms with Gasteiger partial charge < -0.3 is 11.1 Å². The predicted molar refractivity (Wildman–Crippen MR) is 65.6 cm³/mol. The van der Waals surface area contributed by atoms with Crippen molar-refractivity contribution in [1.29, 1.82) is 0 Å². The van der Waals surface area contributed by atoms with Gasteiger partial charge in [-0.3, -0.25) is 0 Å². The molecule has 0 saturated heterocycles. The maximum Gasteiger partial charge on any atom is 0.0407 e. The first-order valence-corrected chi connectivity index (χ1v) is 5.00. The van der Waals surface area contributed by atoms with Gasteiger partial charge in [-0.1, -0.05) is 17.7 Å². The van der Waals surface area contributed by atoms with Crippen LogP contribution in [0, 0.1) is 0 Å². The Hall–Kier alpha value is -1.67. The van der Waals surface area contributed by atoms with Crippen molar-refractivity contribution < 1.29 is 0 Å². The van der Waals surface area contributed by atoms with Gasteiger partial charge in [0.05, 0.1) is 0 Å². The third-order valence-corrected chi connectivity index (χ3v) is 2.27. The molecule has 2 aromatic carbocycles. The number of halogens is 1. The number of hydrogen-bond acceptors (Lipinski definition) is 2. The van der Waals surface area contributed by atoms with Crippen molar-refractivity contribution >= 4 is 28.7 Å². The monoisotopic (exact) mass is 218 g/mol. The second-order valence-electron chi connectivity index (χ2n) is 3.26. The molecule has 0 aromatic heterocycles. The van der Waals surface area contributed by atoms with Crippen molar-refractivity contribution in [2.45, 2.75) is 0 Å². The molecule has 3 heteroatoms. The lowest BCUT2D eigenvalue weighted by Crippen LogP contribution is -1.91. The first-order chi connectivity index (χ1) is 7.24. The second kappa shape index (κ2) is 4.24. The number of rotatable bonds is 2. The summed E-state index contributed by atoms with van der Waals surface area (Å²) in [4.78, 5) is 0. The van der Waals surface area contributed by atoms with Gasteiger partial charge in [-0.15, -0.1) is 0 Å². The lowest BCUT2D eigenvalue weighted by atomic mass is 10.2. The van der Waals surface area contributed by atoms with Crippen molar-refractivity contribution in [2.24, 2.45) is 0 Å². The minimum Gasteiger partial charge on any atom is -0.399 e. The summed E-state index contributed by atoms with van der Waals surface area (Å²) >= 11 is 5.79. The van der Waals surface area contributed by atoms with Gasteiger partial charge in [0.1, 0.15) is 0 Å². The molecule has 15 heavy (non-hydrogen) atoms. The molecule has 0 bridgehead atoms. The highest BCUT2D eigenvalue weighted by Gasteiger charge is 1.94. The molecule has 2 aromatic rings. The van der Waals surface area contributed by atoms with Crippen LogP contribution >= 0.6 is 11.6 Å². The van der Waals surface area contributed by atoms with E-state index in [1.165, 1.54) is 0 Å². The Morgan fingerprint density at radius 3 is 2.33 bits per heavy atom. The Morgan fingerprint density at radius 2 is 1.67 bits per heavy atom. The van der Waals surface area contributed by atoms with Crippen LogP contribution in [-0.2, 0) is 0 Å². The Bertz CT molecular complexity index is 451. The number of nitrogens with one attached hydrogen (secondary N) is 1. The summed E-state index contributed by atoms with van der Waals surface area (Å²) < 4.78 is 0. The van der Waals surface area contributed by atoms with Gasteiger partial charge in [0.25, 0.3) is 0 Å². The highest BCUT2D eigenvalue weighted by Crippen LogP contribution is 2.20. The van der Waals surface area contributed by atoms with Gasteiger partial charge in [0.15, 0.2) is 0 Å². The Labute approximate surface area is 93.7 Å². The summed E-state index contributed by atoms with van der Waals surface area (Å²) in [6, 6.07) is 15.1. The molecule has 0 unspecified atom stereocenters. The molecule has 76 valence electrons. The fourth-order valence-electron chi connectivity index (χ4n) is 1.32. The zero-order valence-corrected chi connectivity index (χ0v) is 8.83. The molecule has 0 aliphatic heterocycles. The standard InChI is InChI=1S/C12H11ClN2/c13-9-4-6-11(7-5-9)15-12-3-1-2-10(14)8-12/h1-8,15H,14H2. The van der Waals surface area contributed by atoms with Gasteiger partial charge in [0, 0.05) is 22.1 Å². The van der Waals surface area contributed by atoms with Crippen molar-refractivity contribution in [3.8, 4) is 0 Å². The van der Waals surface area contributed by atoms with Crippen molar-refractivity contribution in [3.63, 3.8) is 0 Å². The van der Waals surface area contributed by atoms with Crippen LogP contribution in [0.5, 0.6) is 0 Å². The normalized spacial score (nSPS) is 9.93. The zero-order chi connectivity index (χ0) is 10.7. The average Bonchev–Trinajstić information content (AvgIpc) is 2.22. The van der Waals surface area contributed by atoms with Crippen molar-refractivity contribution in [1.82, 2.24) is 0 Å². The van der Waals surface area contributed by atoms with E-state index in [1.807, 2.05) is 48.5 Å². The number of nitrogens with two attached hydrogens (primary N) is 1. The van der Waals surface area contributed by atoms with Crippen LogP contribution in [0.4, 0.5) is 17.1 Å². The number of nitrogen functional groups attached to an aromatic ring is 1. The average molecular weight is 219 g/mol. The minimum absolute atomic E-state index is 0.730. The third-order valence-electron chi connectivity index (χ3n) is 2.02. The lowest BCUT2D eigenvalue weighted by molar-refractivity contribution is 1.55. The molecule has 0 saturated carbocycles. The highest BCUT2D eigenvalue weighted by molar-refractivity contribution is 6.30. The van der Waals surface area contributed by atoms with E-state index in [0.29, 0.717) is 0 Å². The van der Waals surface area contributed by atoms with E-state index in [9.17, 15) is 0 Å². The molecule has 0 heterocycles. The van der Waals surface area contributed by atoms with Crippen molar-refractivity contribution in [2.75, 3.05) is 11.1 Å². The van der Waals surface area contributed by atoms with Crippen LogP contribution in [0.1, 0.15) is 0 Å². The van der Waals surface area contributed by atoms with E-state index in [0.717, 1.165) is 22.1 Å². The van der Waals surface area contributed by atoms with Crippen molar-refractivity contribution in [3.05, 3.63) is 53.6 Å². The van der Waals surface area contributed by atoms with E-state index in [4.69, 9.17) is 17.3 Å². The van der Waals surface area contributed by atoms with Gasteiger partial charge in [-0.05, 0) is 42.5 Å². The van der Waals surface area contributed by atoms with E-state index in [1.54, 1.807) is 0 Å². The van der Waals surface area contributed by atoms with Crippen LogP contribution in [0.25, 0.3) is 0 Å². The molecule has 0 atom stereocenters. The molecule has 2 nitrogen and oxygen atoms in total. The Kier molecular flexibility index (Phi) is 2.79. The molecule has 0 radical (unpaired) electrons. The molecule has 0 aliphatic carbocycles. The molecule has 0 amide bonds. The van der Waals surface area contributed by atoms with Gasteiger partial charge in [-0.2, -0.15) is 0 Å². The molecular weight excluding hydrogens is 208 g/mol. The molecule has 0 spiro atoms. The quantitative estimate of drug-likeness (QED) is 0.755. The SMILES string of the molecule is Nc1cccc(Nc2ccc(Cl)cc2)c1. The highest BCUT2D eigenvalue weighted by atomic mass is 35.5. The summed E-state index contributed by atoms with van der Waals surface area (Å²) in [6.07, 6.45) is 0. The molecule has 0 aliphatic rings. The maximum absolute atomic E-state index is 5.79. The molecule has 0 fully saturated rings. The minimum atomic E-state index is 0.730. The summed E-state index contributed by atoms with van der Waals surface area (Å²) in [5.41, 5.74) is 8.38. The van der Waals surface area contributed by atoms with Crippen LogP contribution in [-0.4, -0.2) is 0 Å². The lowest BCUT2D eigenvalue weighted by Gasteiger charge is -2.06. The fourth-order valence-corrected chi connectivity index (χ4v) is 1.44. The summed E-state index contributed by atoms with van der Waals surface area (Å²) in [5.74, 6) is 0. The van der Waals surface area contributed by atoms with Crippen LogP contribution in [0.2, 0.25) is 5.02 Å². The maximum atomic E-state index is 5.79. The smallest absolute Gasteiger partial charge is 0.0407 e. The van der Waals surface area contributed by atoms with Gasteiger partial charge in [-0.25, -0.2) is 0 Å². The number of anilines is 3. The fraction of sp³-hybridized carbons (Fsp3) is 0. The van der Waals surface area contributed by atoms with Gasteiger partial charge >= 0.3 is 0 Å². The van der Waals surface area contributed by atoms with Crippen LogP contribution in [0.3, 0.4) is 0 Å². The summed E-state index contributed by atoms with van der Waals surface area (Å²) in [6.45, 7) is 0. The van der Waals surface area contributed by atoms with E-state index in [2.05, 4.69) is 5.32 Å². The van der Waals surface area contributed by atoms with Crippen LogP contribution in [0.15, 0.2) is 48.5 Å². The third kappa shape index (κ3) is 2.64. The summed E-state index contributed by atoms with van der Waals surface area (Å²) in [7, 11) is 0. The van der Waals surface area contributed by atoms with Gasteiger partial charge in [0.2, 0.25) is 0 Å². The van der Waals surface area contributed by atoms with E-state index in [-0.39, 0.29) is 0 Å². The molecule has 2 rings (SSSR count).